The molecule has 0 spiro atoms. The fourth-order valence-corrected chi connectivity index (χ4v) is 5.18. The number of para-hydroxylation sites is 2. The van der Waals surface area contributed by atoms with E-state index in [1.807, 2.05) is 0 Å². The lowest BCUT2D eigenvalue weighted by molar-refractivity contribution is -0.127. The highest BCUT2D eigenvalue weighted by atomic mass is 35.5. The highest BCUT2D eigenvalue weighted by Gasteiger charge is 2.27. The van der Waals surface area contributed by atoms with Crippen LogP contribution in [-0.2, 0) is 19.2 Å². The fraction of sp³-hybridized carbons (Fsp3) is 0.222. The minimum Gasteiger partial charge on any atom is -0.494 e. The van der Waals surface area contributed by atoms with Gasteiger partial charge in [0.2, 0.25) is 12.1 Å². The molecule has 0 saturated heterocycles. The van der Waals surface area contributed by atoms with Crippen LogP contribution in [0.4, 0.5) is 22.7 Å². The molecule has 0 fully saturated rings. The molecule has 0 aliphatic heterocycles. The summed E-state index contributed by atoms with van der Waals surface area (Å²) >= 11 is 13.0. The van der Waals surface area contributed by atoms with Crippen LogP contribution in [0.15, 0.2) is 93.3 Å². The molecule has 270 valence electrons. The second-order valence-corrected chi connectivity index (χ2v) is 11.7. The summed E-state index contributed by atoms with van der Waals surface area (Å²) in [5, 5.41) is 21.7. The third-order valence-electron chi connectivity index (χ3n) is 7.41. The van der Waals surface area contributed by atoms with E-state index < -0.39 is 35.5 Å². The summed E-state index contributed by atoms with van der Waals surface area (Å²) < 4.78 is 21.2. The van der Waals surface area contributed by atoms with Gasteiger partial charge in [-0.05, 0) is 73.5 Å². The molecule has 0 radical (unpaired) electrons. The molecule has 52 heavy (non-hydrogen) atoms. The number of ether oxygens (including phenoxy) is 4. The van der Waals surface area contributed by atoms with E-state index in [1.165, 1.54) is 42.3 Å². The van der Waals surface area contributed by atoms with Gasteiger partial charge in [-0.25, -0.2) is 0 Å². The molecule has 0 aromatic heterocycles. The lowest BCUT2D eigenvalue weighted by Crippen LogP contribution is -2.32. The van der Waals surface area contributed by atoms with Crippen molar-refractivity contribution in [3.63, 3.8) is 0 Å². The highest BCUT2D eigenvalue weighted by Crippen LogP contribution is 2.37. The Hall–Kier alpha value is -5.86. The minimum absolute atomic E-state index is 0.178. The van der Waals surface area contributed by atoms with Crippen LogP contribution in [-0.4, -0.2) is 63.9 Å². The molecule has 14 nitrogen and oxygen atoms in total. The normalized spacial score (nSPS) is 12.2. The topological polar surface area (TPSA) is 179 Å². The number of methoxy groups -OCH3 is 4. The minimum atomic E-state index is -1.48. The number of nitrogens with zero attached hydrogens (tertiary/aromatic N) is 4. The lowest BCUT2D eigenvalue weighted by atomic mass is 10.0. The first-order valence-electron chi connectivity index (χ1n) is 15.4. The van der Waals surface area contributed by atoms with Crippen LogP contribution in [0.5, 0.6) is 23.0 Å². The number of hydrogen-bond acceptors (Lipinski definition) is 12. The Balaban J connectivity index is 1.50. The second kappa shape index (κ2) is 17.9. The molecule has 16 heteroatoms. The zero-order valence-corrected chi connectivity index (χ0v) is 30.4. The van der Waals surface area contributed by atoms with Gasteiger partial charge in [-0.2, -0.15) is 20.5 Å². The molecule has 0 bridgehead atoms. The van der Waals surface area contributed by atoms with Gasteiger partial charge in [0.25, 0.3) is 11.8 Å². The Kier molecular flexibility index (Phi) is 13.4. The first kappa shape index (κ1) is 38.9. The summed E-state index contributed by atoms with van der Waals surface area (Å²) in [6, 6.07) is 16.6. The average molecular weight is 750 g/mol. The quantitative estimate of drug-likeness (QED) is 0.0905. The lowest BCUT2D eigenvalue weighted by Gasteiger charge is -2.15. The molecule has 2 N–H and O–H groups in total. The SMILES string of the molecule is COc1cccc(OC)c1NC(=O)C(N=Nc1ccc(-c2ccc(N=NC(C(C)=O)C(=O)Nc3c(OC)cccc3OC)c(Cl)c2)cc1Cl)C(C)=O. The second-order valence-electron chi connectivity index (χ2n) is 10.8. The van der Waals surface area contributed by atoms with E-state index in [0.29, 0.717) is 34.1 Å². The van der Waals surface area contributed by atoms with Gasteiger partial charge in [-0.15, -0.1) is 0 Å². The van der Waals surface area contributed by atoms with Crippen molar-refractivity contribution in [3.8, 4) is 34.1 Å². The third-order valence-corrected chi connectivity index (χ3v) is 8.01. The number of anilines is 2. The van der Waals surface area contributed by atoms with Gasteiger partial charge in [0.05, 0.1) is 38.5 Å². The number of hydrogen-bond donors (Lipinski definition) is 2. The van der Waals surface area contributed by atoms with Crippen molar-refractivity contribution in [1.82, 2.24) is 0 Å². The first-order chi connectivity index (χ1) is 24.9. The fourth-order valence-electron chi connectivity index (χ4n) is 4.74. The molecule has 2 atom stereocenters. The van der Waals surface area contributed by atoms with Crippen LogP contribution in [0.25, 0.3) is 11.1 Å². The van der Waals surface area contributed by atoms with Gasteiger partial charge in [-0.1, -0.05) is 47.5 Å². The van der Waals surface area contributed by atoms with Crippen molar-refractivity contribution in [2.24, 2.45) is 20.5 Å². The van der Waals surface area contributed by atoms with Crippen molar-refractivity contribution >= 4 is 69.3 Å². The predicted octanol–water partition coefficient (Wildman–Crippen LogP) is 8.05. The largest absolute Gasteiger partial charge is 0.494 e. The van der Waals surface area contributed by atoms with Crippen LogP contribution in [0.3, 0.4) is 0 Å². The summed E-state index contributed by atoms with van der Waals surface area (Å²) in [5.41, 5.74) is 2.17. The van der Waals surface area contributed by atoms with Crippen LogP contribution in [0.1, 0.15) is 13.8 Å². The van der Waals surface area contributed by atoms with Gasteiger partial charge in [0.15, 0.2) is 11.6 Å². The Labute approximate surface area is 309 Å². The predicted molar refractivity (Wildman–Crippen MR) is 196 cm³/mol. The molecule has 4 rings (SSSR count). The molecule has 4 aromatic carbocycles. The molecule has 0 saturated carbocycles. The highest BCUT2D eigenvalue weighted by molar-refractivity contribution is 6.34. The maximum absolute atomic E-state index is 13.1. The number of Topliss-reactive ketones (excluding diaryl/α,β-unsaturated/α-hetero) is 2. The number of carbonyl (C=O) groups is 4. The van der Waals surface area contributed by atoms with E-state index in [1.54, 1.807) is 72.8 Å². The number of carbonyl (C=O) groups excluding carboxylic acids is 4. The molecule has 2 amide bonds. The van der Waals surface area contributed by atoms with E-state index in [2.05, 4.69) is 31.1 Å². The van der Waals surface area contributed by atoms with Gasteiger partial charge in [0.1, 0.15) is 45.7 Å². The van der Waals surface area contributed by atoms with Crippen molar-refractivity contribution in [1.29, 1.82) is 0 Å². The smallest absolute Gasteiger partial charge is 0.259 e. The number of halogens is 2. The Morgan fingerprint density at radius 1 is 0.558 bits per heavy atom. The maximum atomic E-state index is 13.1. The summed E-state index contributed by atoms with van der Waals surface area (Å²) in [6.07, 6.45) is 0. The number of amides is 2. The van der Waals surface area contributed by atoms with Crippen molar-refractivity contribution in [3.05, 3.63) is 82.8 Å². The third kappa shape index (κ3) is 9.27. The van der Waals surface area contributed by atoms with E-state index >= 15 is 0 Å². The van der Waals surface area contributed by atoms with Gasteiger partial charge in [0, 0.05) is 0 Å². The molecule has 2 unspecified atom stereocenters. The van der Waals surface area contributed by atoms with Crippen molar-refractivity contribution < 1.29 is 38.1 Å². The number of azo groups is 2. The van der Waals surface area contributed by atoms with E-state index in [-0.39, 0.29) is 32.8 Å². The zero-order chi connectivity index (χ0) is 37.9. The van der Waals surface area contributed by atoms with E-state index in [0.717, 1.165) is 0 Å². The van der Waals surface area contributed by atoms with Gasteiger partial charge < -0.3 is 29.6 Å². The van der Waals surface area contributed by atoms with Crippen LogP contribution < -0.4 is 29.6 Å². The van der Waals surface area contributed by atoms with Gasteiger partial charge in [-0.3, -0.25) is 19.2 Å². The van der Waals surface area contributed by atoms with Crippen LogP contribution >= 0.6 is 23.2 Å². The van der Waals surface area contributed by atoms with Crippen molar-refractivity contribution in [2.45, 2.75) is 25.9 Å². The molecule has 0 aliphatic carbocycles. The molecule has 4 aromatic rings. The molecule has 0 aliphatic rings. The number of benzene rings is 4. The molecular formula is C36H34Cl2N6O8. The Bertz CT molecular complexity index is 1870. The molecule has 0 heterocycles. The van der Waals surface area contributed by atoms with E-state index in [4.69, 9.17) is 42.1 Å². The average Bonchev–Trinajstić information content (AvgIpc) is 3.12. The number of ketones is 2. The standard InChI is InChI=1S/C36H34Cl2N6O8/c1-19(45)31(35(47)39-33-27(49-3)9-7-10-28(33)50-4)43-41-25-15-13-21(17-23(25)37)22-14-16-26(24(38)18-22)42-44-32(20(2)46)36(48)40-34-29(51-5)11-8-12-30(34)52-6/h7-18,31-32H,1-6H3,(H,39,47)(H,40,48). The first-order valence-corrected chi connectivity index (χ1v) is 16.1. The van der Waals surface area contributed by atoms with E-state index in [9.17, 15) is 19.2 Å². The van der Waals surface area contributed by atoms with Crippen LogP contribution in [0, 0.1) is 0 Å². The monoisotopic (exact) mass is 748 g/mol. The summed E-state index contributed by atoms with van der Waals surface area (Å²) in [5.74, 6) is -1.28. The zero-order valence-electron chi connectivity index (χ0n) is 28.9. The van der Waals surface area contributed by atoms with Crippen LogP contribution in [0.2, 0.25) is 10.0 Å². The summed E-state index contributed by atoms with van der Waals surface area (Å²) in [7, 11) is 5.73. The number of rotatable bonds is 15. The van der Waals surface area contributed by atoms with Crippen molar-refractivity contribution in [2.75, 3.05) is 39.1 Å². The Morgan fingerprint density at radius 3 is 1.15 bits per heavy atom. The maximum Gasteiger partial charge on any atom is 0.259 e. The summed E-state index contributed by atoms with van der Waals surface area (Å²) in [4.78, 5) is 50.9. The summed E-state index contributed by atoms with van der Waals surface area (Å²) in [6.45, 7) is 2.43. The number of nitrogens with one attached hydrogen (secondary N) is 2. The van der Waals surface area contributed by atoms with Gasteiger partial charge >= 0.3 is 0 Å². The Morgan fingerprint density at radius 2 is 0.885 bits per heavy atom. The molecular weight excluding hydrogens is 715 g/mol.